The van der Waals surface area contributed by atoms with Crippen LogP contribution >= 0.6 is 0 Å². The van der Waals surface area contributed by atoms with Crippen molar-refractivity contribution in [3.63, 3.8) is 0 Å². The summed E-state index contributed by atoms with van der Waals surface area (Å²) in [5.74, 6) is 0. The number of aromatic amines is 1. The molecule has 0 radical (unpaired) electrons. The summed E-state index contributed by atoms with van der Waals surface area (Å²) in [5.41, 5.74) is 1.58. The Morgan fingerprint density at radius 2 is 1.92 bits per heavy atom. The van der Waals surface area contributed by atoms with Crippen molar-refractivity contribution in [1.82, 2.24) is 10.2 Å². The molecule has 66 valence electrons. The van der Waals surface area contributed by atoms with E-state index < -0.39 is 6.10 Å². The minimum Gasteiger partial charge on any atom is -0.382 e. The van der Waals surface area contributed by atoms with Crippen LogP contribution in [0.2, 0.25) is 0 Å². The quantitative estimate of drug-likeness (QED) is 0.724. The third-order valence-corrected chi connectivity index (χ3v) is 1.93. The average Bonchev–Trinajstić information content (AvgIpc) is 2.71. The number of aromatic nitrogens is 2. The van der Waals surface area contributed by atoms with Crippen molar-refractivity contribution in [2.75, 3.05) is 0 Å². The summed E-state index contributed by atoms with van der Waals surface area (Å²) in [6, 6.07) is 11.2. The average molecular weight is 174 g/mol. The maximum Gasteiger partial charge on any atom is 0.120 e. The van der Waals surface area contributed by atoms with Crippen LogP contribution in [0.25, 0.3) is 0 Å². The van der Waals surface area contributed by atoms with E-state index in [2.05, 4.69) is 10.2 Å². The van der Waals surface area contributed by atoms with Gasteiger partial charge in [-0.2, -0.15) is 5.10 Å². The van der Waals surface area contributed by atoms with Crippen molar-refractivity contribution < 1.29 is 5.11 Å². The molecule has 3 heteroatoms. The molecule has 0 spiro atoms. The van der Waals surface area contributed by atoms with Crippen LogP contribution in [0.5, 0.6) is 0 Å². The Kier molecular flexibility index (Phi) is 2.10. The maximum atomic E-state index is 9.81. The lowest BCUT2D eigenvalue weighted by atomic mass is 10.1. The molecule has 0 fully saturated rings. The molecule has 0 saturated heterocycles. The van der Waals surface area contributed by atoms with E-state index in [0.717, 1.165) is 5.56 Å². The van der Waals surface area contributed by atoms with E-state index in [1.807, 2.05) is 30.3 Å². The first kappa shape index (κ1) is 8.01. The Morgan fingerprint density at radius 3 is 2.54 bits per heavy atom. The van der Waals surface area contributed by atoms with Crippen LogP contribution in [0.1, 0.15) is 17.4 Å². The van der Waals surface area contributed by atoms with Gasteiger partial charge in [-0.3, -0.25) is 5.10 Å². The Labute approximate surface area is 76.0 Å². The van der Waals surface area contributed by atoms with E-state index in [1.165, 1.54) is 0 Å². The molecule has 2 aromatic rings. The van der Waals surface area contributed by atoms with Crippen molar-refractivity contribution in [2.45, 2.75) is 6.10 Å². The zero-order chi connectivity index (χ0) is 9.10. The highest BCUT2D eigenvalue weighted by molar-refractivity contribution is 5.24. The van der Waals surface area contributed by atoms with Gasteiger partial charge >= 0.3 is 0 Å². The van der Waals surface area contributed by atoms with Crippen molar-refractivity contribution in [3.05, 3.63) is 53.9 Å². The summed E-state index contributed by atoms with van der Waals surface area (Å²) in [7, 11) is 0. The predicted octanol–water partition coefficient (Wildman–Crippen LogP) is 1.49. The van der Waals surface area contributed by atoms with Gasteiger partial charge in [0.2, 0.25) is 0 Å². The minimum absolute atomic E-state index is 0.608. The van der Waals surface area contributed by atoms with E-state index in [9.17, 15) is 5.11 Å². The minimum atomic E-state index is -0.608. The van der Waals surface area contributed by atoms with E-state index in [4.69, 9.17) is 0 Å². The molecule has 1 atom stereocenters. The summed E-state index contributed by atoms with van der Waals surface area (Å²) in [6.07, 6.45) is 1.02. The smallest absolute Gasteiger partial charge is 0.120 e. The topological polar surface area (TPSA) is 48.9 Å². The van der Waals surface area contributed by atoms with Crippen LogP contribution in [0.3, 0.4) is 0 Å². The van der Waals surface area contributed by atoms with Gasteiger partial charge < -0.3 is 5.11 Å². The molecule has 3 nitrogen and oxygen atoms in total. The molecule has 1 aromatic heterocycles. The highest BCUT2D eigenvalue weighted by atomic mass is 16.3. The van der Waals surface area contributed by atoms with Gasteiger partial charge in [0.1, 0.15) is 6.10 Å². The number of nitrogens with zero attached hydrogens (tertiary/aromatic N) is 1. The van der Waals surface area contributed by atoms with Crippen molar-refractivity contribution in [3.8, 4) is 0 Å². The molecular formula is C10H10N2O. The lowest BCUT2D eigenvalue weighted by Gasteiger charge is -2.07. The fraction of sp³-hybridized carbons (Fsp3) is 0.100. The van der Waals surface area contributed by atoms with Crippen LogP contribution in [0.4, 0.5) is 0 Å². The first-order valence-corrected chi connectivity index (χ1v) is 4.10. The van der Waals surface area contributed by atoms with E-state index in [-0.39, 0.29) is 0 Å². The second kappa shape index (κ2) is 3.41. The Balaban J connectivity index is 2.29. The molecule has 1 aromatic carbocycles. The third kappa shape index (κ3) is 1.60. The number of nitrogens with one attached hydrogen (secondary N) is 1. The SMILES string of the molecule is O[C@H](c1ccccc1)c1ccn[nH]1. The summed E-state index contributed by atoms with van der Waals surface area (Å²) >= 11 is 0. The summed E-state index contributed by atoms with van der Waals surface area (Å²) in [5, 5.41) is 16.3. The lowest BCUT2D eigenvalue weighted by Crippen LogP contribution is -1.99. The molecule has 0 aliphatic rings. The first-order chi connectivity index (χ1) is 6.38. The van der Waals surface area contributed by atoms with Crippen LogP contribution in [-0.2, 0) is 0 Å². The lowest BCUT2D eigenvalue weighted by molar-refractivity contribution is 0.215. The van der Waals surface area contributed by atoms with Crippen LogP contribution in [-0.4, -0.2) is 15.3 Å². The zero-order valence-corrected chi connectivity index (χ0v) is 7.01. The molecule has 2 N–H and O–H groups in total. The van der Waals surface area contributed by atoms with Gasteiger partial charge in [0, 0.05) is 6.20 Å². The van der Waals surface area contributed by atoms with Gasteiger partial charge in [-0.15, -0.1) is 0 Å². The molecule has 13 heavy (non-hydrogen) atoms. The maximum absolute atomic E-state index is 9.81. The monoisotopic (exact) mass is 174 g/mol. The fourth-order valence-corrected chi connectivity index (χ4v) is 1.23. The fourth-order valence-electron chi connectivity index (χ4n) is 1.23. The van der Waals surface area contributed by atoms with Crippen LogP contribution < -0.4 is 0 Å². The molecular weight excluding hydrogens is 164 g/mol. The van der Waals surface area contributed by atoms with Gasteiger partial charge in [-0.25, -0.2) is 0 Å². The molecule has 0 aliphatic heterocycles. The summed E-state index contributed by atoms with van der Waals surface area (Å²) in [6.45, 7) is 0. The number of aliphatic hydroxyl groups excluding tert-OH is 1. The number of benzene rings is 1. The number of aliphatic hydroxyl groups is 1. The Morgan fingerprint density at radius 1 is 1.15 bits per heavy atom. The van der Waals surface area contributed by atoms with Crippen molar-refractivity contribution in [1.29, 1.82) is 0 Å². The normalized spacial score (nSPS) is 12.7. The van der Waals surface area contributed by atoms with Crippen molar-refractivity contribution >= 4 is 0 Å². The zero-order valence-electron chi connectivity index (χ0n) is 7.01. The number of hydrogen-bond acceptors (Lipinski definition) is 2. The van der Waals surface area contributed by atoms with Gasteiger partial charge in [0.25, 0.3) is 0 Å². The van der Waals surface area contributed by atoms with Crippen LogP contribution in [0.15, 0.2) is 42.6 Å². The molecule has 0 saturated carbocycles. The van der Waals surface area contributed by atoms with Gasteiger partial charge in [-0.1, -0.05) is 30.3 Å². The van der Waals surface area contributed by atoms with Gasteiger partial charge in [0.05, 0.1) is 5.69 Å². The molecule has 0 aliphatic carbocycles. The molecule has 2 rings (SSSR count). The molecule has 0 amide bonds. The molecule has 0 bridgehead atoms. The van der Waals surface area contributed by atoms with E-state index in [0.29, 0.717) is 5.69 Å². The standard InChI is InChI=1S/C10H10N2O/c13-10(9-6-7-11-12-9)8-4-2-1-3-5-8/h1-7,10,13H,(H,11,12)/t10-/m1/s1. The largest absolute Gasteiger partial charge is 0.382 e. The van der Waals surface area contributed by atoms with Gasteiger partial charge in [-0.05, 0) is 11.6 Å². The second-order valence-corrected chi connectivity index (χ2v) is 2.83. The van der Waals surface area contributed by atoms with Gasteiger partial charge in [0.15, 0.2) is 0 Å². The third-order valence-electron chi connectivity index (χ3n) is 1.93. The predicted molar refractivity (Wildman–Crippen MR) is 49.1 cm³/mol. The number of rotatable bonds is 2. The van der Waals surface area contributed by atoms with E-state index >= 15 is 0 Å². The number of hydrogen-bond donors (Lipinski definition) is 2. The van der Waals surface area contributed by atoms with Crippen molar-refractivity contribution in [2.24, 2.45) is 0 Å². The molecule has 0 unspecified atom stereocenters. The highest BCUT2D eigenvalue weighted by Gasteiger charge is 2.09. The first-order valence-electron chi connectivity index (χ1n) is 4.10. The second-order valence-electron chi connectivity index (χ2n) is 2.83. The number of H-pyrrole nitrogens is 1. The Hall–Kier alpha value is -1.61. The highest BCUT2D eigenvalue weighted by Crippen LogP contribution is 2.18. The van der Waals surface area contributed by atoms with Crippen LogP contribution in [0, 0.1) is 0 Å². The van der Waals surface area contributed by atoms with E-state index in [1.54, 1.807) is 12.3 Å². The summed E-state index contributed by atoms with van der Waals surface area (Å²) < 4.78 is 0. The molecule has 1 heterocycles. The Bertz CT molecular complexity index is 356. The summed E-state index contributed by atoms with van der Waals surface area (Å²) in [4.78, 5) is 0.